The molecule has 1 aromatic carbocycles. The summed E-state index contributed by atoms with van der Waals surface area (Å²) in [5.41, 5.74) is 2.07. The maximum atomic E-state index is 6.28. The van der Waals surface area contributed by atoms with Gasteiger partial charge in [-0.15, -0.1) is 0 Å². The average Bonchev–Trinajstić information content (AvgIpc) is 2.84. The number of rotatable bonds is 2. The molecule has 21 heavy (non-hydrogen) atoms. The van der Waals surface area contributed by atoms with Gasteiger partial charge in [-0.1, -0.05) is 46.9 Å². The van der Waals surface area contributed by atoms with E-state index >= 15 is 0 Å². The van der Waals surface area contributed by atoms with Crippen LogP contribution in [0.3, 0.4) is 0 Å². The second kappa shape index (κ2) is 5.64. The van der Waals surface area contributed by atoms with Crippen molar-refractivity contribution >= 4 is 34.8 Å². The van der Waals surface area contributed by atoms with E-state index in [1.165, 1.54) is 0 Å². The van der Waals surface area contributed by atoms with E-state index in [0.717, 1.165) is 11.3 Å². The fourth-order valence-corrected chi connectivity index (χ4v) is 2.77. The Morgan fingerprint density at radius 2 is 1.76 bits per heavy atom. The van der Waals surface area contributed by atoms with Crippen LogP contribution in [0.2, 0.25) is 15.3 Å². The molecule has 0 unspecified atom stereocenters. The Bertz CT molecular complexity index is 790. The smallest absolute Gasteiger partial charge is 0.180 e. The van der Waals surface area contributed by atoms with Gasteiger partial charge in [-0.2, -0.15) is 0 Å². The molecule has 0 fully saturated rings. The Hall–Kier alpha value is -1.62. The van der Waals surface area contributed by atoms with E-state index in [0.29, 0.717) is 16.4 Å². The highest BCUT2D eigenvalue weighted by molar-refractivity contribution is 6.38. The van der Waals surface area contributed by atoms with Crippen LogP contribution < -0.4 is 0 Å². The maximum Gasteiger partial charge on any atom is 0.180 e. The highest BCUT2D eigenvalue weighted by Gasteiger charge is 2.16. The summed E-state index contributed by atoms with van der Waals surface area (Å²) in [6.07, 6.45) is 3.31. The van der Waals surface area contributed by atoms with Gasteiger partial charge in [0.1, 0.15) is 16.0 Å². The number of halogens is 3. The third kappa shape index (κ3) is 2.75. The Balaban J connectivity index is 2.15. The van der Waals surface area contributed by atoms with Crippen LogP contribution in [0.15, 0.2) is 36.8 Å². The van der Waals surface area contributed by atoms with Gasteiger partial charge < -0.3 is 4.57 Å². The molecule has 0 amide bonds. The molecule has 0 atom stereocenters. The van der Waals surface area contributed by atoms with E-state index < -0.39 is 0 Å². The van der Waals surface area contributed by atoms with Gasteiger partial charge in [-0.3, -0.25) is 0 Å². The molecule has 3 rings (SSSR count). The molecule has 0 aliphatic rings. The number of hydrogen-bond acceptors (Lipinski definition) is 3. The van der Waals surface area contributed by atoms with E-state index in [1.54, 1.807) is 29.2 Å². The Labute approximate surface area is 136 Å². The normalized spacial score (nSPS) is 10.9. The fraction of sp³-hybridized carbons (Fsp3) is 0.0714. The van der Waals surface area contributed by atoms with Gasteiger partial charge in [0.05, 0.1) is 18.1 Å². The summed E-state index contributed by atoms with van der Waals surface area (Å²) in [5, 5.41) is 1.14. The van der Waals surface area contributed by atoms with Gasteiger partial charge >= 0.3 is 0 Å². The quantitative estimate of drug-likeness (QED) is 0.645. The Morgan fingerprint density at radius 1 is 1.05 bits per heavy atom. The molecule has 0 radical (unpaired) electrons. The topological polar surface area (TPSA) is 43.6 Å². The predicted octanol–water partition coefficient (Wildman–Crippen LogP) is 4.50. The first-order chi connectivity index (χ1) is 10.1. The van der Waals surface area contributed by atoms with Crippen molar-refractivity contribution in [3.05, 3.63) is 52.1 Å². The lowest BCUT2D eigenvalue weighted by Crippen LogP contribution is -1.98. The molecular weight excluding hydrogens is 331 g/mol. The standard InChI is InChI=1S/C14H9Cl3N4/c1-21-7-18-6-10(21)14-19-12(16)11(13(17)20-14)8-3-2-4-9(15)5-8/h2-7H,1H3. The van der Waals surface area contributed by atoms with E-state index in [9.17, 15) is 0 Å². The minimum absolute atomic E-state index is 0.272. The lowest BCUT2D eigenvalue weighted by atomic mass is 10.1. The molecular formula is C14H9Cl3N4. The second-order valence-electron chi connectivity index (χ2n) is 4.40. The van der Waals surface area contributed by atoms with E-state index in [1.807, 2.05) is 19.2 Å². The zero-order chi connectivity index (χ0) is 15.0. The van der Waals surface area contributed by atoms with Crippen LogP contribution in [-0.4, -0.2) is 19.5 Å². The summed E-state index contributed by atoms with van der Waals surface area (Å²) in [4.78, 5) is 12.6. The molecule has 0 spiro atoms. The van der Waals surface area contributed by atoms with E-state index in [2.05, 4.69) is 15.0 Å². The second-order valence-corrected chi connectivity index (χ2v) is 5.56. The molecule has 7 heteroatoms. The minimum atomic E-state index is 0.272. The highest BCUT2D eigenvalue weighted by Crippen LogP contribution is 2.35. The molecule has 2 aromatic heterocycles. The van der Waals surface area contributed by atoms with Crippen molar-refractivity contribution in [2.45, 2.75) is 0 Å². The van der Waals surface area contributed by atoms with Crippen LogP contribution in [0.1, 0.15) is 0 Å². The molecule has 0 aliphatic carbocycles. The molecule has 0 N–H and O–H groups in total. The van der Waals surface area contributed by atoms with E-state index in [4.69, 9.17) is 34.8 Å². The molecule has 0 saturated carbocycles. The number of aryl methyl sites for hydroxylation is 1. The summed E-state index contributed by atoms with van der Waals surface area (Å²) < 4.78 is 1.79. The number of benzene rings is 1. The summed E-state index contributed by atoms with van der Waals surface area (Å²) in [6, 6.07) is 7.21. The third-order valence-corrected chi connectivity index (χ3v) is 3.76. The first kappa shape index (κ1) is 14.3. The van der Waals surface area contributed by atoms with Gasteiger partial charge in [-0.25, -0.2) is 15.0 Å². The molecule has 4 nitrogen and oxygen atoms in total. The van der Waals surface area contributed by atoms with Crippen molar-refractivity contribution in [3.63, 3.8) is 0 Å². The van der Waals surface area contributed by atoms with Crippen molar-refractivity contribution in [1.29, 1.82) is 0 Å². The van der Waals surface area contributed by atoms with Crippen LogP contribution in [0.5, 0.6) is 0 Å². The summed E-state index contributed by atoms with van der Waals surface area (Å²) in [7, 11) is 1.85. The van der Waals surface area contributed by atoms with Gasteiger partial charge in [0.25, 0.3) is 0 Å². The highest BCUT2D eigenvalue weighted by atomic mass is 35.5. The summed E-state index contributed by atoms with van der Waals surface area (Å²) >= 11 is 18.6. The van der Waals surface area contributed by atoms with Crippen molar-refractivity contribution in [3.8, 4) is 22.6 Å². The van der Waals surface area contributed by atoms with Gasteiger partial charge in [0.15, 0.2) is 5.82 Å². The monoisotopic (exact) mass is 338 g/mol. The molecule has 0 bridgehead atoms. The predicted molar refractivity (Wildman–Crippen MR) is 84.7 cm³/mol. The van der Waals surface area contributed by atoms with Crippen LogP contribution in [0.25, 0.3) is 22.6 Å². The van der Waals surface area contributed by atoms with Crippen LogP contribution >= 0.6 is 34.8 Å². The van der Waals surface area contributed by atoms with E-state index in [-0.39, 0.29) is 10.3 Å². The number of imidazole rings is 1. The summed E-state index contributed by atoms with van der Waals surface area (Å²) in [5.74, 6) is 0.427. The van der Waals surface area contributed by atoms with Crippen molar-refractivity contribution < 1.29 is 0 Å². The van der Waals surface area contributed by atoms with Crippen LogP contribution in [-0.2, 0) is 7.05 Å². The van der Waals surface area contributed by atoms with Crippen LogP contribution in [0.4, 0.5) is 0 Å². The Kier molecular flexibility index (Phi) is 3.85. The first-order valence-electron chi connectivity index (χ1n) is 6.02. The lowest BCUT2D eigenvalue weighted by Gasteiger charge is -2.09. The maximum absolute atomic E-state index is 6.28. The van der Waals surface area contributed by atoms with Crippen molar-refractivity contribution in [2.75, 3.05) is 0 Å². The van der Waals surface area contributed by atoms with Gasteiger partial charge in [0.2, 0.25) is 0 Å². The zero-order valence-electron chi connectivity index (χ0n) is 10.9. The first-order valence-corrected chi connectivity index (χ1v) is 7.15. The fourth-order valence-electron chi connectivity index (χ4n) is 1.98. The minimum Gasteiger partial charge on any atom is -0.331 e. The van der Waals surface area contributed by atoms with Crippen molar-refractivity contribution in [1.82, 2.24) is 19.5 Å². The molecule has 0 saturated heterocycles. The average molecular weight is 340 g/mol. The lowest BCUT2D eigenvalue weighted by molar-refractivity contribution is 0.908. The third-order valence-electron chi connectivity index (χ3n) is 2.98. The number of aromatic nitrogens is 4. The molecule has 106 valence electrons. The van der Waals surface area contributed by atoms with Gasteiger partial charge in [0, 0.05) is 12.1 Å². The van der Waals surface area contributed by atoms with Crippen LogP contribution in [0, 0.1) is 0 Å². The summed E-state index contributed by atoms with van der Waals surface area (Å²) in [6.45, 7) is 0. The Morgan fingerprint density at radius 3 is 2.33 bits per heavy atom. The SMILES string of the molecule is Cn1cncc1-c1nc(Cl)c(-c2cccc(Cl)c2)c(Cl)n1. The number of nitrogens with zero attached hydrogens (tertiary/aromatic N) is 4. The van der Waals surface area contributed by atoms with Gasteiger partial charge in [-0.05, 0) is 17.7 Å². The molecule has 0 aliphatic heterocycles. The largest absolute Gasteiger partial charge is 0.331 e. The molecule has 2 heterocycles. The zero-order valence-corrected chi connectivity index (χ0v) is 13.2. The number of hydrogen-bond donors (Lipinski definition) is 0. The van der Waals surface area contributed by atoms with Crippen molar-refractivity contribution in [2.24, 2.45) is 7.05 Å². The molecule has 3 aromatic rings.